The lowest BCUT2D eigenvalue weighted by atomic mass is 9.95. The molecule has 0 unspecified atom stereocenters. The minimum Gasteiger partial charge on any atom is -0.349 e. The SMILES string of the molecule is Cc1ccc(S(=O)(=O)N2CCC(C)CC2)cc1C(=O)NC1CCCCC1. The van der Waals surface area contributed by atoms with E-state index in [2.05, 4.69) is 12.2 Å². The fourth-order valence-electron chi connectivity index (χ4n) is 3.89. The summed E-state index contributed by atoms with van der Waals surface area (Å²) in [5.41, 5.74) is 1.28. The van der Waals surface area contributed by atoms with Gasteiger partial charge in [0.25, 0.3) is 5.91 Å². The van der Waals surface area contributed by atoms with Gasteiger partial charge in [0.2, 0.25) is 10.0 Å². The molecule has 5 nitrogen and oxygen atoms in total. The van der Waals surface area contributed by atoms with Crippen LogP contribution in [-0.2, 0) is 10.0 Å². The number of carbonyl (C=O) groups excluding carboxylic acids is 1. The highest BCUT2D eigenvalue weighted by molar-refractivity contribution is 7.89. The third-order valence-electron chi connectivity index (χ3n) is 5.77. The van der Waals surface area contributed by atoms with Crippen molar-refractivity contribution in [1.29, 1.82) is 0 Å². The van der Waals surface area contributed by atoms with E-state index in [1.165, 1.54) is 6.42 Å². The Balaban J connectivity index is 1.79. The Kier molecular flexibility index (Phi) is 6.03. The maximum absolute atomic E-state index is 13.0. The van der Waals surface area contributed by atoms with Gasteiger partial charge in [0.1, 0.15) is 0 Å². The number of aryl methyl sites for hydroxylation is 1. The second kappa shape index (κ2) is 8.09. The molecule has 0 aromatic heterocycles. The molecular weight excluding hydrogens is 348 g/mol. The zero-order chi connectivity index (χ0) is 18.7. The summed E-state index contributed by atoms with van der Waals surface area (Å²) < 4.78 is 27.5. The Hall–Kier alpha value is -1.40. The van der Waals surface area contributed by atoms with Crippen molar-refractivity contribution in [2.24, 2.45) is 5.92 Å². The molecule has 2 aliphatic rings. The van der Waals surface area contributed by atoms with Gasteiger partial charge in [0, 0.05) is 24.7 Å². The van der Waals surface area contributed by atoms with E-state index in [-0.39, 0.29) is 16.8 Å². The Morgan fingerprint density at radius 3 is 2.38 bits per heavy atom. The normalized spacial score (nSPS) is 20.8. The molecule has 0 spiro atoms. The van der Waals surface area contributed by atoms with Crippen molar-refractivity contribution >= 4 is 15.9 Å². The Bertz CT molecular complexity index is 746. The summed E-state index contributed by atoms with van der Waals surface area (Å²) in [5.74, 6) is 0.412. The molecule has 1 aliphatic carbocycles. The van der Waals surface area contributed by atoms with E-state index in [4.69, 9.17) is 0 Å². The van der Waals surface area contributed by atoms with Crippen LogP contribution >= 0.6 is 0 Å². The van der Waals surface area contributed by atoms with Gasteiger partial charge in [-0.05, 0) is 56.2 Å². The molecule has 2 fully saturated rings. The van der Waals surface area contributed by atoms with Gasteiger partial charge in [-0.25, -0.2) is 8.42 Å². The fraction of sp³-hybridized carbons (Fsp3) is 0.650. The molecule has 1 amide bonds. The molecule has 1 saturated carbocycles. The van der Waals surface area contributed by atoms with Crippen molar-refractivity contribution in [3.8, 4) is 0 Å². The largest absolute Gasteiger partial charge is 0.349 e. The minimum atomic E-state index is -3.54. The molecule has 144 valence electrons. The first-order valence-corrected chi connectivity index (χ1v) is 11.2. The number of sulfonamides is 1. The van der Waals surface area contributed by atoms with Crippen LogP contribution in [0, 0.1) is 12.8 Å². The molecule has 0 atom stereocenters. The highest BCUT2D eigenvalue weighted by Gasteiger charge is 2.29. The molecule has 1 N–H and O–H groups in total. The molecule has 3 rings (SSSR count). The van der Waals surface area contributed by atoms with Gasteiger partial charge >= 0.3 is 0 Å². The number of piperidine rings is 1. The second-order valence-corrected chi connectivity index (χ2v) is 9.81. The van der Waals surface area contributed by atoms with Crippen LogP contribution in [0.5, 0.6) is 0 Å². The smallest absolute Gasteiger partial charge is 0.251 e. The predicted octanol–water partition coefficient (Wildman–Crippen LogP) is 3.48. The van der Waals surface area contributed by atoms with Crippen LogP contribution in [0.1, 0.15) is 67.8 Å². The molecule has 1 saturated heterocycles. The fourth-order valence-corrected chi connectivity index (χ4v) is 5.39. The summed E-state index contributed by atoms with van der Waals surface area (Å²) in [4.78, 5) is 12.9. The second-order valence-electron chi connectivity index (χ2n) is 7.87. The van der Waals surface area contributed by atoms with E-state index in [0.29, 0.717) is 24.6 Å². The molecule has 1 aromatic rings. The number of hydrogen-bond acceptors (Lipinski definition) is 3. The summed E-state index contributed by atoms with van der Waals surface area (Å²) in [6, 6.07) is 5.13. The van der Waals surface area contributed by atoms with Crippen LogP contribution in [0.3, 0.4) is 0 Å². The Morgan fingerprint density at radius 2 is 1.73 bits per heavy atom. The number of carbonyl (C=O) groups is 1. The molecular formula is C20H30N2O3S. The minimum absolute atomic E-state index is 0.154. The first-order valence-electron chi connectivity index (χ1n) is 9.79. The van der Waals surface area contributed by atoms with Gasteiger partial charge < -0.3 is 5.32 Å². The average molecular weight is 379 g/mol. The topological polar surface area (TPSA) is 66.5 Å². The van der Waals surface area contributed by atoms with E-state index >= 15 is 0 Å². The van der Waals surface area contributed by atoms with E-state index in [0.717, 1.165) is 44.1 Å². The van der Waals surface area contributed by atoms with Crippen molar-refractivity contribution in [2.75, 3.05) is 13.1 Å². The van der Waals surface area contributed by atoms with Gasteiger partial charge in [-0.1, -0.05) is 32.3 Å². The number of nitrogens with zero attached hydrogens (tertiary/aromatic N) is 1. The van der Waals surface area contributed by atoms with E-state index in [1.54, 1.807) is 22.5 Å². The summed E-state index contributed by atoms with van der Waals surface area (Å²) >= 11 is 0. The van der Waals surface area contributed by atoms with Gasteiger partial charge in [-0.2, -0.15) is 4.31 Å². The predicted molar refractivity (Wildman–Crippen MR) is 103 cm³/mol. The number of benzene rings is 1. The maximum Gasteiger partial charge on any atom is 0.251 e. The molecule has 1 aromatic carbocycles. The average Bonchev–Trinajstić information content (AvgIpc) is 2.63. The number of nitrogens with one attached hydrogen (secondary N) is 1. The summed E-state index contributed by atoms with van der Waals surface area (Å²) in [5, 5.41) is 3.09. The van der Waals surface area contributed by atoms with Crippen molar-refractivity contribution in [3.05, 3.63) is 29.3 Å². The maximum atomic E-state index is 13.0. The number of rotatable bonds is 4. The van der Waals surface area contributed by atoms with Crippen molar-refractivity contribution in [3.63, 3.8) is 0 Å². The molecule has 1 aliphatic heterocycles. The molecule has 0 radical (unpaired) electrons. The third kappa shape index (κ3) is 4.29. The quantitative estimate of drug-likeness (QED) is 0.872. The van der Waals surface area contributed by atoms with Crippen molar-refractivity contribution in [1.82, 2.24) is 9.62 Å². The van der Waals surface area contributed by atoms with E-state index < -0.39 is 10.0 Å². The van der Waals surface area contributed by atoms with E-state index in [1.807, 2.05) is 6.92 Å². The van der Waals surface area contributed by atoms with Crippen LogP contribution in [-0.4, -0.2) is 37.8 Å². The van der Waals surface area contributed by atoms with E-state index in [9.17, 15) is 13.2 Å². The Morgan fingerprint density at radius 1 is 1.08 bits per heavy atom. The standard InChI is InChI=1S/C20H30N2O3S/c1-15-10-12-22(13-11-15)26(24,25)18-9-8-16(2)19(14-18)20(23)21-17-6-4-3-5-7-17/h8-9,14-15,17H,3-7,10-13H2,1-2H3,(H,21,23). The summed E-state index contributed by atoms with van der Waals surface area (Å²) in [7, 11) is -3.54. The van der Waals surface area contributed by atoms with Crippen LogP contribution in [0.25, 0.3) is 0 Å². The highest BCUT2D eigenvalue weighted by atomic mass is 32.2. The first-order chi connectivity index (χ1) is 12.4. The van der Waals surface area contributed by atoms with Crippen LogP contribution in [0.2, 0.25) is 0 Å². The zero-order valence-corrected chi connectivity index (χ0v) is 16.6. The third-order valence-corrected chi connectivity index (χ3v) is 7.67. The summed E-state index contributed by atoms with van der Waals surface area (Å²) in [6.07, 6.45) is 7.31. The van der Waals surface area contributed by atoms with Crippen molar-refractivity contribution < 1.29 is 13.2 Å². The highest BCUT2D eigenvalue weighted by Crippen LogP contribution is 2.25. The molecule has 26 heavy (non-hydrogen) atoms. The van der Waals surface area contributed by atoms with Crippen LogP contribution in [0.15, 0.2) is 23.1 Å². The van der Waals surface area contributed by atoms with Gasteiger partial charge in [-0.15, -0.1) is 0 Å². The van der Waals surface area contributed by atoms with Crippen LogP contribution < -0.4 is 5.32 Å². The summed E-state index contributed by atoms with van der Waals surface area (Å²) in [6.45, 7) is 5.13. The van der Waals surface area contributed by atoms with Crippen molar-refractivity contribution in [2.45, 2.75) is 69.7 Å². The lowest BCUT2D eigenvalue weighted by Gasteiger charge is -2.29. The van der Waals surface area contributed by atoms with Gasteiger partial charge in [-0.3, -0.25) is 4.79 Å². The molecule has 6 heteroatoms. The number of amides is 1. The monoisotopic (exact) mass is 378 g/mol. The first kappa shape index (κ1) is 19.4. The van der Waals surface area contributed by atoms with Gasteiger partial charge in [0.15, 0.2) is 0 Å². The van der Waals surface area contributed by atoms with Gasteiger partial charge in [0.05, 0.1) is 4.90 Å². The Labute approximate surface area is 157 Å². The lowest BCUT2D eigenvalue weighted by molar-refractivity contribution is 0.0927. The lowest BCUT2D eigenvalue weighted by Crippen LogP contribution is -2.38. The van der Waals surface area contributed by atoms with Crippen LogP contribution in [0.4, 0.5) is 0 Å². The molecule has 0 bridgehead atoms. The zero-order valence-electron chi connectivity index (χ0n) is 15.8. The number of hydrogen-bond donors (Lipinski definition) is 1. The molecule has 1 heterocycles.